The van der Waals surface area contributed by atoms with Gasteiger partial charge < -0.3 is 38.4 Å². The molecule has 0 radical (unpaired) electrons. The van der Waals surface area contributed by atoms with Crippen LogP contribution >= 0.6 is 0 Å². The first kappa shape index (κ1) is 72.7. The molecular weight excluding hydrogens is 953 g/mol. The number of nitrogens with zero attached hydrogens (tertiary/aromatic N) is 2. The zero-order chi connectivity index (χ0) is 55.0. The molecule has 0 heterocycles. The summed E-state index contributed by atoms with van der Waals surface area (Å²) < 4.78 is 37.2. The normalized spacial score (nSPS) is 13.8. The van der Waals surface area contributed by atoms with Crippen molar-refractivity contribution in [2.24, 2.45) is 0 Å². The van der Waals surface area contributed by atoms with Crippen LogP contribution in [0.15, 0.2) is 0 Å². The highest BCUT2D eigenvalue weighted by molar-refractivity contribution is 5.70. The Bertz CT molecular complexity index is 1160. The van der Waals surface area contributed by atoms with Crippen molar-refractivity contribution in [3.05, 3.63) is 0 Å². The fraction of sp³-hybridized carbons (Fsp3) is 0.969. The van der Waals surface area contributed by atoms with E-state index in [1.165, 1.54) is 199 Å². The Balaban J connectivity index is 2.75. The molecule has 11 heteroatoms. The van der Waals surface area contributed by atoms with E-state index in [0.717, 1.165) is 70.8 Å². The maximum absolute atomic E-state index is 13.5. The Labute approximate surface area is 470 Å². The summed E-state index contributed by atoms with van der Waals surface area (Å²) in [6.07, 6.45) is 50.5. The number of unbranched alkanes of at least 4 members (excludes halogenated alkanes) is 30. The SMILES string of the molecule is CCCCCCCCCCOC(CCCCC(=O)OCC(CN(C)CCN(CO)C1CCCCC1)OC(=O)CCCCC(OCCCCCCCCCC)OCCCCCCCCCC)OCCCCCCCCCC. The first-order valence-corrected chi connectivity index (χ1v) is 33.2. The van der Waals surface area contributed by atoms with Crippen LogP contribution in [0.5, 0.6) is 0 Å². The van der Waals surface area contributed by atoms with E-state index >= 15 is 0 Å². The number of hydrogen-bond acceptors (Lipinski definition) is 11. The van der Waals surface area contributed by atoms with Crippen LogP contribution in [-0.2, 0) is 38.0 Å². The van der Waals surface area contributed by atoms with Crippen LogP contribution in [0.2, 0.25) is 0 Å². The van der Waals surface area contributed by atoms with Gasteiger partial charge in [-0.1, -0.05) is 227 Å². The summed E-state index contributed by atoms with van der Waals surface area (Å²) >= 11 is 0. The summed E-state index contributed by atoms with van der Waals surface area (Å²) in [5.41, 5.74) is 0. The second-order valence-electron chi connectivity index (χ2n) is 23.0. The fourth-order valence-corrected chi connectivity index (χ4v) is 10.6. The summed E-state index contributed by atoms with van der Waals surface area (Å²) in [5.74, 6) is -0.538. The van der Waals surface area contributed by atoms with E-state index in [-0.39, 0.29) is 37.9 Å². The highest BCUT2D eigenvalue weighted by Crippen LogP contribution is 2.23. The van der Waals surface area contributed by atoms with Gasteiger partial charge >= 0.3 is 11.9 Å². The van der Waals surface area contributed by atoms with Gasteiger partial charge in [0, 0.05) is 64.9 Å². The Hall–Kier alpha value is -1.34. The van der Waals surface area contributed by atoms with E-state index in [2.05, 4.69) is 37.5 Å². The van der Waals surface area contributed by atoms with Gasteiger partial charge in [0.15, 0.2) is 12.6 Å². The fourth-order valence-electron chi connectivity index (χ4n) is 10.6. The van der Waals surface area contributed by atoms with Crippen LogP contribution in [-0.4, -0.2) is 118 Å². The molecule has 0 spiro atoms. The minimum absolute atomic E-state index is 0.0224. The van der Waals surface area contributed by atoms with Crippen LogP contribution in [0.3, 0.4) is 0 Å². The second kappa shape index (κ2) is 56.9. The molecule has 0 aromatic carbocycles. The van der Waals surface area contributed by atoms with Gasteiger partial charge in [-0.2, -0.15) is 0 Å². The Morgan fingerprint density at radius 3 is 1.17 bits per heavy atom. The first-order chi connectivity index (χ1) is 37.4. The zero-order valence-corrected chi connectivity index (χ0v) is 51.1. The van der Waals surface area contributed by atoms with Gasteiger partial charge in [0.25, 0.3) is 0 Å². The van der Waals surface area contributed by atoms with Crippen LogP contribution in [0, 0.1) is 0 Å². The average molecular weight is 1080 g/mol. The molecule has 0 saturated heterocycles. The molecule has 1 aliphatic rings. The number of carbonyl (C=O) groups excluding carboxylic acids is 2. The molecule has 0 aliphatic heterocycles. The molecule has 1 atom stereocenters. The molecule has 1 saturated carbocycles. The van der Waals surface area contributed by atoms with E-state index < -0.39 is 6.10 Å². The minimum atomic E-state index is -0.588. The number of rotatable bonds is 60. The minimum Gasteiger partial charge on any atom is -0.462 e. The molecule has 76 heavy (non-hydrogen) atoms. The highest BCUT2D eigenvalue weighted by Gasteiger charge is 2.23. The lowest BCUT2D eigenvalue weighted by molar-refractivity contribution is -0.161. The van der Waals surface area contributed by atoms with Crippen LogP contribution in [0.4, 0.5) is 0 Å². The molecule has 452 valence electrons. The van der Waals surface area contributed by atoms with Crippen LogP contribution in [0.1, 0.15) is 317 Å². The maximum atomic E-state index is 13.5. The predicted octanol–water partition coefficient (Wildman–Crippen LogP) is 17.4. The molecule has 1 rings (SSSR count). The number of ether oxygens (including phenoxy) is 6. The van der Waals surface area contributed by atoms with Crippen molar-refractivity contribution in [2.75, 3.05) is 66.4 Å². The van der Waals surface area contributed by atoms with E-state index in [9.17, 15) is 14.7 Å². The van der Waals surface area contributed by atoms with Crippen molar-refractivity contribution in [1.29, 1.82) is 0 Å². The summed E-state index contributed by atoms with van der Waals surface area (Å²) in [7, 11) is 2.02. The van der Waals surface area contributed by atoms with Gasteiger partial charge in [-0.25, -0.2) is 0 Å². The molecule has 1 unspecified atom stereocenters. The standard InChI is InChI=1S/C65H128N2O9/c1-6-10-14-18-22-26-30-41-53-71-64(72-54-42-31-27-23-19-15-11-7-2)49-39-37-47-62(69)75-58-61(57-66(5)51-52-67(59-68)60-45-35-34-36-46-60)76-63(70)48-38-40-50-65(73-55-43-32-28-24-20-16-12-8-3)74-56-44-33-29-25-21-17-13-9-4/h60-61,64-65,68H,6-59H2,1-5H3. The predicted molar refractivity (Wildman–Crippen MR) is 318 cm³/mol. The Morgan fingerprint density at radius 1 is 0.447 bits per heavy atom. The van der Waals surface area contributed by atoms with Gasteiger partial charge in [0.2, 0.25) is 0 Å². The van der Waals surface area contributed by atoms with Crippen molar-refractivity contribution < 1.29 is 43.1 Å². The van der Waals surface area contributed by atoms with Gasteiger partial charge in [0.05, 0.1) is 6.73 Å². The molecule has 0 bridgehead atoms. The number of aliphatic hydroxyl groups is 1. The van der Waals surface area contributed by atoms with Crippen LogP contribution < -0.4 is 0 Å². The first-order valence-electron chi connectivity index (χ1n) is 33.2. The van der Waals surface area contributed by atoms with Crippen molar-refractivity contribution in [3.8, 4) is 0 Å². The molecule has 0 aromatic heterocycles. The van der Waals surface area contributed by atoms with Crippen molar-refractivity contribution in [1.82, 2.24) is 9.80 Å². The summed E-state index contributed by atoms with van der Waals surface area (Å²) in [4.78, 5) is 31.0. The van der Waals surface area contributed by atoms with Crippen molar-refractivity contribution >= 4 is 11.9 Å². The molecule has 11 nitrogen and oxygen atoms in total. The largest absolute Gasteiger partial charge is 0.462 e. The molecule has 1 aliphatic carbocycles. The molecule has 0 amide bonds. The molecule has 0 aromatic rings. The highest BCUT2D eigenvalue weighted by atomic mass is 16.7. The van der Waals surface area contributed by atoms with Gasteiger partial charge in [-0.15, -0.1) is 0 Å². The van der Waals surface area contributed by atoms with E-state index in [0.29, 0.717) is 71.2 Å². The van der Waals surface area contributed by atoms with Crippen LogP contribution in [0.25, 0.3) is 0 Å². The zero-order valence-electron chi connectivity index (χ0n) is 51.1. The third kappa shape index (κ3) is 47.5. The van der Waals surface area contributed by atoms with E-state index in [1.807, 2.05) is 7.05 Å². The van der Waals surface area contributed by atoms with Crippen molar-refractivity contribution in [3.63, 3.8) is 0 Å². The Morgan fingerprint density at radius 2 is 0.803 bits per heavy atom. The number of carbonyl (C=O) groups is 2. The number of esters is 2. The second-order valence-corrected chi connectivity index (χ2v) is 23.0. The Kier molecular flexibility index (Phi) is 54.4. The lowest BCUT2D eigenvalue weighted by atomic mass is 9.94. The summed E-state index contributed by atoms with van der Waals surface area (Å²) in [6, 6.07) is 0.408. The third-order valence-corrected chi connectivity index (χ3v) is 15.6. The van der Waals surface area contributed by atoms with E-state index in [1.54, 1.807) is 0 Å². The molecular formula is C65H128N2O9. The van der Waals surface area contributed by atoms with Gasteiger partial charge in [-0.05, 0) is 84.1 Å². The number of hydrogen-bond donors (Lipinski definition) is 1. The summed E-state index contributed by atoms with van der Waals surface area (Å²) in [5, 5.41) is 10.2. The lowest BCUT2D eigenvalue weighted by Gasteiger charge is -2.34. The quantitative estimate of drug-likeness (QED) is 0.0356. The average Bonchev–Trinajstić information content (AvgIpc) is 3.42. The number of likely N-dealkylation sites (N-methyl/N-ethyl adjacent to an activating group) is 1. The molecule has 1 fully saturated rings. The van der Waals surface area contributed by atoms with Gasteiger partial charge in [-0.3, -0.25) is 14.5 Å². The summed E-state index contributed by atoms with van der Waals surface area (Å²) in [6.45, 7) is 13.9. The number of aliphatic hydroxyl groups excluding tert-OH is 1. The maximum Gasteiger partial charge on any atom is 0.306 e. The van der Waals surface area contributed by atoms with Gasteiger partial charge in [0.1, 0.15) is 12.7 Å². The van der Waals surface area contributed by atoms with Crippen molar-refractivity contribution in [2.45, 2.75) is 341 Å². The monoisotopic (exact) mass is 1080 g/mol. The smallest absolute Gasteiger partial charge is 0.306 e. The lowest BCUT2D eigenvalue weighted by Crippen LogP contribution is -2.44. The molecule has 1 N–H and O–H groups in total. The topological polar surface area (TPSA) is 116 Å². The third-order valence-electron chi connectivity index (χ3n) is 15.6. The van der Waals surface area contributed by atoms with E-state index in [4.69, 9.17) is 28.4 Å².